The van der Waals surface area contributed by atoms with Gasteiger partial charge in [-0.3, -0.25) is 14.5 Å². The van der Waals surface area contributed by atoms with Crippen LogP contribution in [0.3, 0.4) is 0 Å². The van der Waals surface area contributed by atoms with Gasteiger partial charge < -0.3 is 19.9 Å². The molecule has 0 saturated heterocycles. The third kappa shape index (κ3) is 3.52. The van der Waals surface area contributed by atoms with Gasteiger partial charge in [-0.15, -0.1) is 0 Å². The first-order valence-corrected chi connectivity index (χ1v) is 7.99. The van der Waals surface area contributed by atoms with Crippen molar-refractivity contribution in [3.05, 3.63) is 60.3 Å². The summed E-state index contributed by atoms with van der Waals surface area (Å²) in [5, 5.41) is 11.9. The van der Waals surface area contributed by atoms with Crippen LogP contribution in [0.1, 0.15) is 0 Å². The number of anilines is 1. The molecule has 7 nitrogen and oxygen atoms in total. The van der Waals surface area contributed by atoms with E-state index in [-0.39, 0.29) is 18.8 Å². The number of nitrogens with zero attached hydrogens (tertiary/aromatic N) is 1. The summed E-state index contributed by atoms with van der Waals surface area (Å²) in [6.45, 7) is -0.329. The van der Waals surface area contributed by atoms with Crippen LogP contribution in [0.25, 0.3) is 0 Å². The van der Waals surface area contributed by atoms with Crippen LogP contribution < -0.4 is 14.8 Å². The third-order valence-electron chi connectivity index (χ3n) is 3.78. The summed E-state index contributed by atoms with van der Waals surface area (Å²) in [4.78, 5) is 25.1. The zero-order valence-corrected chi connectivity index (χ0v) is 14.1. The molecule has 1 heterocycles. The first-order chi connectivity index (χ1) is 12.6. The molecule has 7 heteroatoms. The number of ether oxygens (including phenoxy) is 2. The number of nitrogens with one attached hydrogen (secondary N) is 1. The Morgan fingerprint density at radius 2 is 1.65 bits per heavy atom. The van der Waals surface area contributed by atoms with Crippen molar-refractivity contribution in [1.82, 2.24) is 4.90 Å². The van der Waals surface area contributed by atoms with Gasteiger partial charge in [0.1, 0.15) is 5.70 Å². The highest BCUT2D eigenvalue weighted by atomic mass is 16.5. The number of hydrogen-bond donors (Lipinski definition) is 2. The lowest BCUT2D eigenvalue weighted by Gasteiger charge is -2.16. The van der Waals surface area contributed by atoms with Crippen LogP contribution in [0.4, 0.5) is 5.69 Å². The first-order valence-electron chi connectivity index (χ1n) is 7.99. The maximum absolute atomic E-state index is 12.3. The lowest BCUT2D eigenvalue weighted by molar-refractivity contribution is -0.137. The second-order valence-electron chi connectivity index (χ2n) is 5.45. The summed E-state index contributed by atoms with van der Waals surface area (Å²) in [7, 11) is 1.55. The average Bonchev–Trinajstić information content (AvgIpc) is 2.91. The number of para-hydroxylation sites is 4. The lowest BCUT2D eigenvalue weighted by atomic mass is 10.2. The Hall–Kier alpha value is -3.32. The van der Waals surface area contributed by atoms with E-state index >= 15 is 0 Å². The fourth-order valence-corrected chi connectivity index (χ4v) is 2.54. The summed E-state index contributed by atoms with van der Waals surface area (Å²) in [6, 6.07) is 14.2. The highest BCUT2D eigenvalue weighted by molar-refractivity contribution is 6.17. The third-order valence-corrected chi connectivity index (χ3v) is 3.78. The summed E-state index contributed by atoms with van der Waals surface area (Å²) in [6.07, 6.45) is 1.21. The Kier molecular flexibility index (Phi) is 5.19. The number of benzene rings is 2. The normalized spacial score (nSPS) is 13.6. The Bertz CT molecular complexity index is 863. The average molecular weight is 354 g/mol. The molecule has 3 rings (SSSR count). The number of β-amino-alcohol motifs (C(OH)–C–C–N with tert-alkyl or cyclic N) is 1. The minimum Gasteiger partial charge on any atom is -0.493 e. The van der Waals surface area contributed by atoms with Gasteiger partial charge in [-0.1, -0.05) is 24.3 Å². The van der Waals surface area contributed by atoms with Crippen LogP contribution in [0.2, 0.25) is 0 Å². The van der Waals surface area contributed by atoms with Crippen LogP contribution in [-0.2, 0) is 9.59 Å². The van der Waals surface area contributed by atoms with E-state index < -0.39 is 11.8 Å². The van der Waals surface area contributed by atoms with Crippen LogP contribution in [-0.4, -0.2) is 42.1 Å². The molecule has 26 heavy (non-hydrogen) atoms. The monoisotopic (exact) mass is 354 g/mol. The molecule has 2 aromatic carbocycles. The molecule has 0 aromatic heterocycles. The molecule has 1 aliphatic rings. The predicted molar refractivity (Wildman–Crippen MR) is 95.0 cm³/mol. The molecular formula is C19H18N2O5. The topological polar surface area (TPSA) is 88.1 Å². The minimum absolute atomic E-state index is 0.0429. The summed E-state index contributed by atoms with van der Waals surface area (Å²) in [5.74, 6) is 0.612. The van der Waals surface area contributed by atoms with Crippen molar-refractivity contribution in [2.45, 2.75) is 0 Å². The van der Waals surface area contributed by atoms with Crippen LogP contribution >= 0.6 is 0 Å². The zero-order valence-electron chi connectivity index (χ0n) is 14.1. The molecule has 134 valence electrons. The van der Waals surface area contributed by atoms with Crippen molar-refractivity contribution in [3.8, 4) is 17.2 Å². The van der Waals surface area contributed by atoms with Gasteiger partial charge in [0.2, 0.25) is 0 Å². The standard InChI is InChI=1S/C19H18N2O5/c1-25-16-8-4-5-9-17(16)26-15-7-3-2-6-13(15)20-14-12-18(23)21(10-11-22)19(14)24/h2-9,12,20,22H,10-11H2,1H3. The number of hydrogen-bond acceptors (Lipinski definition) is 6. The summed E-state index contributed by atoms with van der Waals surface area (Å²) in [5.41, 5.74) is 0.649. The fourth-order valence-electron chi connectivity index (χ4n) is 2.54. The van der Waals surface area contributed by atoms with E-state index in [4.69, 9.17) is 14.6 Å². The highest BCUT2D eigenvalue weighted by Crippen LogP contribution is 2.35. The molecule has 0 fully saturated rings. The molecule has 2 aromatic rings. The molecule has 0 saturated carbocycles. The molecule has 0 spiro atoms. The van der Waals surface area contributed by atoms with Gasteiger partial charge in [-0.05, 0) is 24.3 Å². The Labute approximate surface area is 150 Å². The van der Waals surface area contributed by atoms with E-state index in [1.165, 1.54) is 6.08 Å². The highest BCUT2D eigenvalue weighted by Gasteiger charge is 2.31. The second-order valence-corrected chi connectivity index (χ2v) is 5.45. The van der Waals surface area contributed by atoms with E-state index in [2.05, 4.69) is 5.32 Å². The molecule has 2 amide bonds. The quantitative estimate of drug-likeness (QED) is 0.741. The van der Waals surface area contributed by atoms with Gasteiger partial charge in [-0.2, -0.15) is 0 Å². The Morgan fingerprint density at radius 3 is 2.35 bits per heavy atom. The number of methoxy groups -OCH3 is 1. The minimum atomic E-state index is -0.490. The van der Waals surface area contributed by atoms with E-state index in [0.717, 1.165) is 4.90 Å². The van der Waals surface area contributed by atoms with E-state index in [0.29, 0.717) is 22.9 Å². The number of carbonyl (C=O) groups excluding carboxylic acids is 2. The zero-order chi connectivity index (χ0) is 18.5. The van der Waals surface area contributed by atoms with E-state index in [1.54, 1.807) is 43.5 Å². The number of aliphatic hydroxyl groups excluding tert-OH is 1. The van der Waals surface area contributed by atoms with Crippen molar-refractivity contribution in [2.75, 3.05) is 25.6 Å². The van der Waals surface area contributed by atoms with Crippen LogP contribution in [0, 0.1) is 0 Å². The first kappa shape index (κ1) is 17.5. The second kappa shape index (κ2) is 7.71. The smallest absolute Gasteiger partial charge is 0.277 e. The maximum atomic E-state index is 12.3. The number of imide groups is 1. The maximum Gasteiger partial charge on any atom is 0.277 e. The van der Waals surface area contributed by atoms with Crippen LogP contribution in [0.5, 0.6) is 17.2 Å². The van der Waals surface area contributed by atoms with Gasteiger partial charge in [-0.25, -0.2) is 0 Å². The SMILES string of the molecule is COc1ccccc1Oc1ccccc1NC1=CC(=O)N(CCO)C1=O. The van der Waals surface area contributed by atoms with Gasteiger partial charge in [0, 0.05) is 6.08 Å². The molecule has 0 radical (unpaired) electrons. The van der Waals surface area contributed by atoms with Crippen molar-refractivity contribution < 1.29 is 24.2 Å². The number of aliphatic hydroxyl groups is 1. The van der Waals surface area contributed by atoms with Gasteiger partial charge >= 0.3 is 0 Å². The molecule has 2 N–H and O–H groups in total. The molecule has 1 aliphatic heterocycles. The van der Waals surface area contributed by atoms with Gasteiger partial charge in [0.05, 0.1) is 25.9 Å². The van der Waals surface area contributed by atoms with Crippen molar-refractivity contribution in [2.24, 2.45) is 0 Å². The molecular weight excluding hydrogens is 336 g/mol. The van der Waals surface area contributed by atoms with Crippen LogP contribution in [0.15, 0.2) is 60.3 Å². The fraction of sp³-hybridized carbons (Fsp3) is 0.158. The summed E-state index contributed by atoms with van der Waals surface area (Å²) < 4.78 is 11.2. The van der Waals surface area contributed by atoms with Crippen molar-refractivity contribution in [1.29, 1.82) is 0 Å². The number of carbonyl (C=O) groups is 2. The predicted octanol–water partition coefficient (Wildman–Crippen LogP) is 2.14. The molecule has 0 atom stereocenters. The van der Waals surface area contributed by atoms with Gasteiger partial charge in [0.15, 0.2) is 17.2 Å². The van der Waals surface area contributed by atoms with E-state index in [1.807, 2.05) is 12.1 Å². The summed E-state index contributed by atoms with van der Waals surface area (Å²) >= 11 is 0. The van der Waals surface area contributed by atoms with Gasteiger partial charge in [0.25, 0.3) is 11.8 Å². The molecule has 0 unspecified atom stereocenters. The van der Waals surface area contributed by atoms with Crippen molar-refractivity contribution in [3.63, 3.8) is 0 Å². The van der Waals surface area contributed by atoms with E-state index in [9.17, 15) is 9.59 Å². The number of rotatable bonds is 7. The molecule has 0 aliphatic carbocycles. The Balaban J connectivity index is 1.83. The molecule has 0 bridgehead atoms. The lowest BCUT2D eigenvalue weighted by Crippen LogP contribution is -2.34. The van der Waals surface area contributed by atoms with Crippen molar-refractivity contribution >= 4 is 17.5 Å². The Morgan fingerprint density at radius 1 is 1.00 bits per heavy atom. The largest absolute Gasteiger partial charge is 0.493 e. The number of amides is 2.